The van der Waals surface area contributed by atoms with Crippen LogP contribution in [0, 0.1) is 0 Å². The van der Waals surface area contributed by atoms with Gasteiger partial charge < -0.3 is 8.92 Å². The predicted octanol–water partition coefficient (Wildman–Crippen LogP) is 3.95. The van der Waals surface area contributed by atoms with Crippen molar-refractivity contribution >= 4 is 45.2 Å². The molecular formula is C16H10Cl2O5S. The lowest BCUT2D eigenvalue weighted by Crippen LogP contribution is -2.05. The fourth-order valence-corrected chi connectivity index (χ4v) is 3.07. The van der Waals surface area contributed by atoms with E-state index in [0.717, 1.165) is 6.26 Å². The fraction of sp³-hybridized carbons (Fsp3) is 0.0625. The van der Waals surface area contributed by atoms with E-state index in [1.807, 2.05) is 0 Å². The molecule has 0 aliphatic carbocycles. The van der Waals surface area contributed by atoms with E-state index in [2.05, 4.69) is 0 Å². The van der Waals surface area contributed by atoms with Crippen molar-refractivity contribution < 1.29 is 22.1 Å². The SMILES string of the molecule is CS(=O)(=O)Oc1ccc2c(c1)OC(=Cc1ccc(Cl)cc1Cl)C2=O. The molecule has 0 radical (unpaired) electrons. The third kappa shape index (κ3) is 3.56. The van der Waals surface area contributed by atoms with Crippen molar-refractivity contribution in [3.8, 4) is 11.5 Å². The summed E-state index contributed by atoms with van der Waals surface area (Å²) in [5.41, 5.74) is 0.886. The quantitative estimate of drug-likeness (QED) is 0.591. The molecule has 0 amide bonds. The Labute approximate surface area is 148 Å². The van der Waals surface area contributed by atoms with E-state index >= 15 is 0 Å². The van der Waals surface area contributed by atoms with E-state index in [1.165, 1.54) is 24.3 Å². The van der Waals surface area contributed by atoms with E-state index in [0.29, 0.717) is 21.2 Å². The maximum absolute atomic E-state index is 12.4. The summed E-state index contributed by atoms with van der Waals surface area (Å²) in [6.45, 7) is 0. The largest absolute Gasteiger partial charge is 0.452 e. The smallest absolute Gasteiger partial charge is 0.306 e. The molecule has 0 atom stereocenters. The van der Waals surface area contributed by atoms with Crippen molar-refractivity contribution in [2.75, 3.05) is 6.26 Å². The number of Topliss-reactive ketones (excluding diaryl/α,β-unsaturated/α-hetero) is 1. The maximum Gasteiger partial charge on any atom is 0.306 e. The first kappa shape index (κ1) is 16.8. The highest BCUT2D eigenvalue weighted by atomic mass is 35.5. The second-order valence-electron chi connectivity index (χ2n) is 5.05. The van der Waals surface area contributed by atoms with Crippen LogP contribution in [0.1, 0.15) is 15.9 Å². The molecule has 0 aromatic heterocycles. The first-order chi connectivity index (χ1) is 11.2. The van der Waals surface area contributed by atoms with E-state index in [9.17, 15) is 13.2 Å². The molecule has 5 nitrogen and oxygen atoms in total. The van der Waals surface area contributed by atoms with Crippen molar-refractivity contribution in [2.45, 2.75) is 0 Å². The van der Waals surface area contributed by atoms with Gasteiger partial charge in [0.1, 0.15) is 11.5 Å². The molecule has 1 aliphatic heterocycles. The fourth-order valence-electron chi connectivity index (χ4n) is 2.15. The molecule has 0 saturated heterocycles. The molecule has 1 heterocycles. The van der Waals surface area contributed by atoms with Crippen LogP contribution >= 0.6 is 23.2 Å². The number of allylic oxidation sites excluding steroid dienone is 1. The third-order valence-corrected chi connectivity index (χ3v) is 4.20. The molecule has 0 spiro atoms. The van der Waals surface area contributed by atoms with E-state index in [-0.39, 0.29) is 23.0 Å². The Morgan fingerprint density at radius 3 is 2.54 bits per heavy atom. The Morgan fingerprint density at radius 1 is 1.12 bits per heavy atom. The minimum atomic E-state index is -3.66. The maximum atomic E-state index is 12.4. The van der Waals surface area contributed by atoms with Gasteiger partial charge in [0.05, 0.1) is 11.8 Å². The molecule has 2 aromatic carbocycles. The second-order valence-corrected chi connectivity index (χ2v) is 7.47. The van der Waals surface area contributed by atoms with Gasteiger partial charge >= 0.3 is 10.1 Å². The number of hydrogen-bond donors (Lipinski definition) is 0. The van der Waals surface area contributed by atoms with Crippen molar-refractivity contribution in [2.24, 2.45) is 0 Å². The summed E-state index contributed by atoms with van der Waals surface area (Å²) < 4.78 is 32.6. The Hall–Kier alpha value is -2.02. The van der Waals surface area contributed by atoms with Gasteiger partial charge in [-0.2, -0.15) is 8.42 Å². The first-order valence-electron chi connectivity index (χ1n) is 6.66. The minimum absolute atomic E-state index is 0.0647. The van der Waals surface area contributed by atoms with Crippen LogP contribution in [0.4, 0.5) is 0 Å². The molecule has 0 saturated carbocycles. The Balaban J connectivity index is 1.94. The number of ketones is 1. The summed E-state index contributed by atoms with van der Waals surface area (Å²) in [5, 5.41) is 0.857. The lowest BCUT2D eigenvalue weighted by Gasteiger charge is -2.04. The summed E-state index contributed by atoms with van der Waals surface area (Å²) in [6.07, 6.45) is 2.43. The van der Waals surface area contributed by atoms with Crippen molar-refractivity contribution in [1.29, 1.82) is 0 Å². The van der Waals surface area contributed by atoms with Gasteiger partial charge in [0, 0.05) is 16.1 Å². The highest BCUT2D eigenvalue weighted by Gasteiger charge is 2.28. The molecule has 8 heteroatoms. The summed E-state index contributed by atoms with van der Waals surface area (Å²) in [4.78, 5) is 12.4. The molecular weight excluding hydrogens is 375 g/mol. The van der Waals surface area contributed by atoms with Crippen LogP contribution < -0.4 is 8.92 Å². The highest BCUT2D eigenvalue weighted by Crippen LogP contribution is 2.36. The number of carbonyl (C=O) groups is 1. The van der Waals surface area contributed by atoms with Crippen LogP contribution in [0.15, 0.2) is 42.2 Å². The van der Waals surface area contributed by atoms with Crippen LogP contribution in [0.5, 0.6) is 11.5 Å². The molecule has 0 N–H and O–H groups in total. The number of fused-ring (bicyclic) bond motifs is 1. The van der Waals surface area contributed by atoms with Gasteiger partial charge in [0.2, 0.25) is 5.78 Å². The molecule has 0 fully saturated rings. The molecule has 24 heavy (non-hydrogen) atoms. The molecule has 0 bridgehead atoms. The van der Waals surface area contributed by atoms with Gasteiger partial charge in [-0.05, 0) is 35.9 Å². The first-order valence-corrected chi connectivity index (χ1v) is 9.23. The number of benzene rings is 2. The van der Waals surface area contributed by atoms with Gasteiger partial charge in [-0.1, -0.05) is 29.3 Å². The van der Waals surface area contributed by atoms with Crippen LogP contribution in [-0.4, -0.2) is 20.5 Å². The van der Waals surface area contributed by atoms with E-state index in [1.54, 1.807) is 18.2 Å². The Bertz CT molecular complexity index is 980. The zero-order valence-electron chi connectivity index (χ0n) is 12.2. The van der Waals surface area contributed by atoms with Crippen LogP contribution in [0.3, 0.4) is 0 Å². The van der Waals surface area contributed by atoms with Crippen LogP contribution in [0.25, 0.3) is 6.08 Å². The van der Waals surface area contributed by atoms with Gasteiger partial charge in [0.15, 0.2) is 5.76 Å². The molecule has 124 valence electrons. The van der Waals surface area contributed by atoms with Crippen molar-refractivity contribution in [1.82, 2.24) is 0 Å². The van der Waals surface area contributed by atoms with Gasteiger partial charge in [-0.3, -0.25) is 4.79 Å². The lowest BCUT2D eigenvalue weighted by molar-refractivity contribution is 0.101. The summed E-state index contributed by atoms with van der Waals surface area (Å²) >= 11 is 11.9. The van der Waals surface area contributed by atoms with Crippen molar-refractivity contribution in [3.05, 3.63) is 63.3 Å². The molecule has 0 unspecified atom stereocenters. The number of hydrogen-bond acceptors (Lipinski definition) is 5. The average Bonchev–Trinajstić information content (AvgIpc) is 2.76. The third-order valence-electron chi connectivity index (χ3n) is 3.14. The molecule has 2 aromatic rings. The monoisotopic (exact) mass is 384 g/mol. The van der Waals surface area contributed by atoms with E-state index in [4.69, 9.17) is 32.1 Å². The van der Waals surface area contributed by atoms with Crippen molar-refractivity contribution in [3.63, 3.8) is 0 Å². The van der Waals surface area contributed by atoms with Gasteiger partial charge in [0.25, 0.3) is 0 Å². The Kier molecular flexibility index (Phi) is 4.29. The summed E-state index contributed by atoms with van der Waals surface area (Å²) in [6, 6.07) is 9.04. The Morgan fingerprint density at radius 2 is 1.88 bits per heavy atom. The number of rotatable bonds is 3. The van der Waals surface area contributed by atoms with Gasteiger partial charge in [-0.25, -0.2) is 0 Å². The molecule has 1 aliphatic rings. The number of ether oxygens (including phenoxy) is 1. The zero-order chi connectivity index (χ0) is 17.5. The lowest BCUT2D eigenvalue weighted by atomic mass is 10.1. The van der Waals surface area contributed by atoms with Gasteiger partial charge in [-0.15, -0.1) is 0 Å². The van der Waals surface area contributed by atoms with E-state index < -0.39 is 10.1 Å². The standard InChI is InChI=1S/C16H10Cl2O5S/c1-24(20,21)23-11-4-5-12-14(8-11)22-15(16(12)19)6-9-2-3-10(17)7-13(9)18/h2-8H,1H3. The average molecular weight is 385 g/mol. The zero-order valence-corrected chi connectivity index (χ0v) is 14.6. The number of carbonyl (C=O) groups excluding carboxylic acids is 1. The number of halogens is 2. The topological polar surface area (TPSA) is 69.7 Å². The van der Waals surface area contributed by atoms with Crippen LogP contribution in [0.2, 0.25) is 10.0 Å². The predicted molar refractivity (Wildman–Crippen MR) is 91.3 cm³/mol. The minimum Gasteiger partial charge on any atom is -0.452 e. The molecule has 3 rings (SSSR count). The summed E-state index contributed by atoms with van der Waals surface area (Å²) in [5.74, 6) is 0.0277. The highest BCUT2D eigenvalue weighted by molar-refractivity contribution is 7.86. The van der Waals surface area contributed by atoms with Crippen LogP contribution in [-0.2, 0) is 10.1 Å². The second kappa shape index (κ2) is 6.12. The summed E-state index contributed by atoms with van der Waals surface area (Å²) in [7, 11) is -3.66. The normalized spacial score (nSPS) is 15.3.